The molecule has 0 aromatic heterocycles. The standard InChI is InChI=1S/C35H48N2O4.C21H29NO4.2CH4/c1-23(2)29(22-33(39)41-7)34(40)36-20-8-9-31(36)32(38)21-25-11-13-26(14-12-25)30-19-10-24(3)37(30)28-17-15-27(16-18-28)35(4,5)6;1-14(2)17(13-20(24)26-4)21(25)22-11-5-6-18(22)19(23)12-16-9-7-15(3)8-10-16;;/h11-18,23-24,29-31H,8-10,19-22H2,1-7H3;7-10,14,17-18H,5-6,11-13H2,1-4H3;2*1H4/t24-,29+,30+,31+;17-,18-;;/m10../s1. The highest BCUT2D eigenvalue weighted by molar-refractivity contribution is 5.93. The molecule has 3 aliphatic heterocycles. The van der Waals surface area contributed by atoms with Gasteiger partial charge in [0.1, 0.15) is 0 Å². The Morgan fingerprint density at radius 3 is 1.42 bits per heavy atom. The minimum atomic E-state index is -0.475. The predicted molar refractivity (Wildman–Crippen MR) is 277 cm³/mol. The number of esters is 2. The molecular formula is C58H85N3O8. The molecule has 0 N–H and O–H groups in total. The van der Waals surface area contributed by atoms with Gasteiger partial charge in [-0.1, -0.05) is 130 Å². The summed E-state index contributed by atoms with van der Waals surface area (Å²) in [6, 6.07) is 25.4. The number of ether oxygens (including phenoxy) is 2. The Bertz CT molecular complexity index is 2160. The van der Waals surface area contributed by atoms with Crippen LogP contribution in [0.15, 0.2) is 72.8 Å². The fourth-order valence-corrected chi connectivity index (χ4v) is 9.98. The van der Waals surface area contributed by atoms with Crippen LogP contribution in [0, 0.1) is 30.6 Å². The number of ketones is 2. The van der Waals surface area contributed by atoms with Gasteiger partial charge in [0.2, 0.25) is 11.8 Å². The first-order chi connectivity index (χ1) is 31.7. The smallest absolute Gasteiger partial charge is 0.306 e. The maximum Gasteiger partial charge on any atom is 0.306 e. The number of aryl methyl sites for hydroxylation is 1. The van der Waals surface area contributed by atoms with Crippen molar-refractivity contribution in [3.8, 4) is 0 Å². The van der Waals surface area contributed by atoms with E-state index in [0.717, 1.165) is 42.4 Å². The van der Waals surface area contributed by atoms with Crippen molar-refractivity contribution in [1.29, 1.82) is 0 Å². The third-order valence-electron chi connectivity index (χ3n) is 14.2. The lowest BCUT2D eigenvalue weighted by Gasteiger charge is -2.32. The summed E-state index contributed by atoms with van der Waals surface area (Å²) >= 11 is 0. The molecule has 3 saturated heterocycles. The van der Waals surface area contributed by atoms with E-state index in [1.54, 1.807) is 9.80 Å². The van der Waals surface area contributed by atoms with Gasteiger partial charge in [-0.2, -0.15) is 0 Å². The third kappa shape index (κ3) is 15.1. The van der Waals surface area contributed by atoms with Crippen LogP contribution in [0.2, 0.25) is 0 Å². The Kier molecular flexibility index (Phi) is 21.9. The molecular weight excluding hydrogens is 867 g/mol. The lowest BCUT2D eigenvalue weighted by atomic mass is 9.87. The monoisotopic (exact) mass is 952 g/mol. The topological polar surface area (TPSA) is 131 Å². The average Bonchev–Trinajstić information content (AvgIpc) is 4.08. The van der Waals surface area contributed by atoms with E-state index in [1.807, 2.05) is 58.9 Å². The first-order valence-electron chi connectivity index (χ1n) is 24.6. The zero-order valence-electron chi connectivity index (χ0n) is 42.1. The SMILES string of the molecule is C.C.COC(=O)C[C@H](C(=O)N1CCC[C@H]1C(=O)Cc1ccc(C)cc1)C(C)C.COC(=O)C[C@H](C(=O)N1CCC[C@H]1C(=O)Cc1ccc([C@@H]2CC[C@@H](C)N2c2ccc(C(C)(C)C)cc2)cc1)C(C)C. The Hall–Kier alpha value is -5.32. The lowest BCUT2D eigenvalue weighted by molar-refractivity contribution is -0.149. The quantitative estimate of drug-likeness (QED) is 0.129. The normalized spacial score (nSPS) is 19.8. The number of hydrogen-bond donors (Lipinski definition) is 0. The van der Waals surface area contributed by atoms with E-state index in [-0.39, 0.29) is 74.4 Å². The number of Topliss-reactive ketones (excluding diaryl/α,β-unsaturated/α-hetero) is 2. The zero-order chi connectivity index (χ0) is 49.2. The van der Waals surface area contributed by atoms with Gasteiger partial charge in [-0.3, -0.25) is 28.8 Å². The average molecular weight is 952 g/mol. The number of nitrogens with zero attached hydrogens (tertiary/aromatic N) is 3. The first kappa shape index (κ1) is 58.0. The third-order valence-corrected chi connectivity index (χ3v) is 14.2. The molecule has 3 aromatic rings. The van der Waals surface area contributed by atoms with Crippen LogP contribution in [0.3, 0.4) is 0 Å². The predicted octanol–water partition coefficient (Wildman–Crippen LogP) is 10.9. The molecule has 69 heavy (non-hydrogen) atoms. The van der Waals surface area contributed by atoms with Gasteiger partial charge in [-0.05, 0) is 104 Å². The summed E-state index contributed by atoms with van der Waals surface area (Å²) in [6.45, 7) is 19.9. The molecule has 3 aromatic carbocycles. The van der Waals surface area contributed by atoms with E-state index < -0.39 is 29.8 Å². The minimum absolute atomic E-state index is 0. The van der Waals surface area contributed by atoms with E-state index in [4.69, 9.17) is 9.47 Å². The van der Waals surface area contributed by atoms with E-state index in [0.29, 0.717) is 50.9 Å². The number of anilines is 1. The van der Waals surface area contributed by atoms with Gasteiger partial charge < -0.3 is 24.2 Å². The largest absolute Gasteiger partial charge is 0.469 e. The molecule has 3 heterocycles. The van der Waals surface area contributed by atoms with Crippen molar-refractivity contribution in [2.45, 2.75) is 171 Å². The Morgan fingerprint density at radius 2 is 1.03 bits per heavy atom. The van der Waals surface area contributed by atoms with Crippen LogP contribution in [0.4, 0.5) is 5.69 Å². The second kappa shape index (κ2) is 26.0. The summed E-state index contributed by atoms with van der Waals surface area (Å²) < 4.78 is 9.55. The van der Waals surface area contributed by atoms with Crippen LogP contribution in [-0.4, -0.2) is 90.6 Å². The summed E-state index contributed by atoms with van der Waals surface area (Å²) in [5, 5.41) is 0. The highest BCUT2D eigenvalue weighted by atomic mass is 16.5. The summed E-state index contributed by atoms with van der Waals surface area (Å²) in [7, 11) is 2.67. The highest BCUT2D eigenvalue weighted by Crippen LogP contribution is 2.41. The van der Waals surface area contributed by atoms with Gasteiger partial charge >= 0.3 is 11.9 Å². The van der Waals surface area contributed by atoms with Crippen molar-refractivity contribution >= 4 is 41.0 Å². The number of carbonyl (C=O) groups is 6. The minimum Gasteiger partial charge on any atom is -0.469 e. The molecule has 11 nitrogen and oxygen atoms in total. The second-order valence-electron chi connectivity index (χ2n) is 20.8. The second-order valence-corrected chi connectivity index (χ2v) is 20.8. The maximum atomic E-state index is 13.4. The fraction of sp³-hybridized carbons (Fsp3) is 0.586. The molecule has 380 valence electrons. The molecule has 0 aliphatic carbocycles. The summed E-state index contributed by atoms with van der Waals surface area (Å²) in [5.41, 5.74) is 7.08. The van der Waals surface area contributed by atoms with Gasteiger partial charge in [0.25, 0.3) is 0 Å². The van der Waals surface area contributed by atoms with E-state index in [1.165, 1.54) is 31.0 Å². The number of methoxy groups -OCH3 is 2. The van der Waals surface area contributed by atoms with Crippen LogP contribution in [0.1, 0.15) is 155 Å². The summed E-state index contributed by atoms with van der Waals surface area (Å²) in [5.74, 6) is -1.79. The molecule has 11 heteroatoms. The lowest BCUT2D eigenvalue weighted by Crippen LogP contribution is -2.45. The molecule has 6 atom stereocenters. The summed E-state index contributed by atoms with van der Waals surface area (Å²) in [6.07, 6.45) is 5.97. The molecule has 0 bridgehead atoms. The maximum absolute atomic E-state index is 13.4. The van der Waals surface area contributed by atoms with E-state index in [9.17, 15) is 28.8 Å². The van der Waals surface area contributed by atoms with Gasteiger partial charge in [0.15, 0.2) is 11.6 Å². The van der Waals surface area contributed by atoms with Gasteiger partial charge in [0.05, 0.1) is 57.0 Å². The van der Waals surface area contributed by atoms with E-state index in [2.05, 4.69) is 81.1 Å². The van der Waals surface area contributed by atoms with Crippen molar-refractivity contribution in [3.63, 3.8) is 0 Å². The molecule has 3 fully saturated rings. The zero-order valence-corrected chi connectivity index (χ0v) is 42.1. The number of hydrogen-bond acceptors (Lipinski definition) is 9. The van der Waals surface area contributed by atoms with Crippen molar-refractivity contribution in [2.24, 2.45) is 23.7 Å². The van der Waals surface area contributed by atoms with Gasteiger partial charge in [-0.15, -0.1) is 0 Å². The fourth-order valence-electron chi connectivity index (χ4n) is 9.98. The number of likely N-dealkylation sites (tertiary alicyclic amines) is 2. The van der Waals surface area contributed by atoms with Crippen molar-refractivity contribution in [3.05, 3.63) is 101 Å². The molecule has 0 spiro atoms. The highest BCUT2D eigenvalue weighted by Gasteiger charge is 2.40. The molecule has 6 rings (SSSR count). The van der Waals surface area contributed by atoms with Crippen LogP contribution in [-0.2, 0) is 56.5 Å². The van der Waals surface area contributed by atoms with Crippen molar-refractivity contribution in [2.75, 3.05) is 32.2 Å². The molecule has 3 aliphatic rings. The van der Waals surface area contributed by atoms with Gasteiger partial charge in [-0.25, -0.2) is 0 Å². The van der Waals surface area contributed by atoms with Crippen molar-refractivity contribution in [1.82, 2.24) is 9.80 Å². The number of rotatable bonds is 16. The van der Waals surface area contributed by atoms with Crippen LogP contribution in [0.5, 0.6) is 0 Å². The number of amides is 2. The number of benzene rings is 3. The Morgan fingerprint density at radius 1 is 0.609 bits per heavy atom. The Balaban J connectivity index is 0.000000390. The molecule has 0 radical (unpaired) electrons. The molecule has 0 saturated carbocycles. The first-order valence-corrected chi connectivity index (χ1v) is 24.6. The van der Waals surface area contributed by atoms with Crippen LogP contribution in [0.25, 0.3) is 0 Å². The molecule has 0 unspecified atom stereocenters. The summed E-state index contributed by atoms with van der Waals surface area (Å²) in [4.78, 5) is 82.2. The van der Waals surface area contributed by atoms with Crippen LogP contribution >= 0.6 is 0 Å². The number of carbonyl (C=O) groups excluding carboxylic acids is 6. The van der Waals surface area contributed by atoms with E-state index >= 15 is 0 Å². The molecule has 2 amide bonds. The van der Waals surface area contributed by atoms with Crippen LogP contribution < -0.4 is 4.90 Å². The van der Waals surface area contributed by atoms with Crippen molar-refractivity contribution < 1.29 is 38.2 Å². The van der Waals surface area contributed by atoms with Gasteiger partial charge in [0, 0.05) is 37.7 Å². The Labute approximate surface area is 415 Å².